The van der Waals surface area contributed by atoms with Crippen molar-refractivity contribution in [2.45, 2.75) is 0 Å². The summed E-state index contributed by atoms with van der Waals surface area (Å²) in [4.78, 5) is 10.8. The Morgan fingerprint density at radius 2 is 2.29 bits per heavy atom. The predicted octanol–water partition coefficient (Wildman–Crippen LogP) is 0.371. The van der Waals surface area contributed by atoms with Gasteiger partial charge in [-0.25, -0.2) is 4.98 Å². The van der Waals surface area contributed by atoms with Crippen molar-refractivity contribution in [3.05, 3.63) is 12.3 Å². The third-order valence-corrected chi connectivity index (χ3v) is 2.57. The summed E-state index contributed by atoms with van der Waals surface area (Å²) in [6.07, 6.45) is 1.77. The quantitative estimate of drug-likeness (QED) is 0.748. The molecule has 0 aliphatic carbocycles. The zero-order chi connectivity index (χ0) is 11.9. The van der Waals surface area contributed by atoms with Crippen LogP contribution in [0.2, 0.25) is 0 Å². The number of aromatic nitrogens is 2. The number of methoxy groups -OCH3 is 1. The number of rotatable bonds is 5. The highest BCUT2D eigenvalue weighted by Crippen LogP contribution is 2.13. The van der Waals surface area contributed by atoms with Gasteiger partial charge < -0.3 is 19.7 Å². The van der Waals surface area contributed by atoms with Gasteiger partial charge in [-0.05, 0) is 6.07 Å². The summed E-state index contributed by atoms with van der Waals surface area (Å²) in [6, 6.07) is 1.92. The fraction of sp³-hybridized carbons (Fsp3) is 0.636. The van der Waals surface area contributed by atoms with Crippen LogP contribution in [0.1, 0.15) is 0 Å². The lowest BCUT2D eigenvalue weighted by Gasteiger charge is -2.27. The largest absolute Gasteiger partial charge is 0.383 e. The zero-order valence-corrected chi connectivity index (χ0v) is 10.1. The van der Waals surface area contributed by atoms with E-state index in [1.807, 2.05) is 6.07 Å². The van der Waals surface area contributed by atoms with Gasteiger partial charge in [-0.3, -0.25) is 0 Å². The maximum atomic E-state index is 5.31. The first-order valence-corrected chi connectivity index (χ1v) is 5.78. The summed E-state index contributed by atoms with van der Waals surface area (Å²) in [5.74, 6) is 1.59. The number of hydrogen-bond donors (Lipinski definition) is 1. The average Bonchev–Trinajstić information content (AvgIpc) is 2.41. The number of hydrogen-bond acceptors (Lipinski definition) is 6. The van der Waals surface area contributed by atoms with Gasteiger partial charge in [0.05, 0.1) is 19.8 Å². The third kappa shape index (κ3) is 3.54. The second-order valence-electron chi connectivity index (χ2n) is 3.76. The van der Waals surface area contributed by atoms with E-state index in [2.05, 4.69) is 20.2 Å². The molecular weight excluding hydrogens is 220 g/mol. The van der Waals surface area contributed by atoms with Gasteiger partial charge in [0.25, 0.3) is 0 Å². The van der Waals surface area contributed by atoms with Crippen molar-refractivity contribution < 1.29 is 9.47 Å². The molecule has 2 heterocycles. The van der Waals surface area contributed by atoms with E-state index in [-0.39, 0.29) is 0 Å². The van der Waals surface area contributed by atoms with Gasteiger partial charge in [0.1, 0.15) is 5.82 Å². The monoisotopic (exact) mass is 238 g/mol. The van der Waals surface area contributed by atoms with Crippen LogP contribution in [0.15, 0.2) is 12.3 Å². The molecule has 6 nitrogen and oxygen atoms in total. The Morgan fingerprint density at radius 3 is 3.06 bits per heavy atom. The average molecular weight is 238 g/mol. The molecule has 1 aromatic heterocycles. The number of anilines is 2. The molecular formula is C11H18N4O2. The number of morpholine rings is 1. The van der Waals surface area contributed by atoms with E-state index in [4.69, 9.17) is 9.47 Å². The Kier molecular flexibility index (Phi) is 4.52. The molecule has 1 N–H and O–H groups in total. The van der Waals surface area contributed by atoms with E-state index in [0.29, 0.717) is 19.1 Å². The molecule has 1 saturated heterocycles. The molecule has 0 atom stereocenters. The molecule has 0 aromatic carbocycles. The molecule has 0 radical (unpaired) electrons. The fourth-order valence-corrected chi connectivity index (χ4v) is 1.67. The van der Waals surface area contributed by atoms with Crippen LogP contribution in [0, 0.1) is 0 Å². The van der Waals surface area contributed by atoms with Crippen LogP contribution in [0.5, 0.6) is 0 Å². The molecule has 0 amide bonds. The Balaban J connectivity index is 1.95. The van der Waals surface area contributed by atoms with Crippen LogP contribution in [0.4, 0.5) is 11.8 Å². The lowest BCUT2D eigenvalue weighted by atomic mass is 10.4. The van der Waals surface area contributed by atoms with E-state index in [1.54, 1.807) is 13.3 Å². The minimum absolute atomic E-state index is 0.644. The molecule has 94 valence electrons. The van der Waals surface area contributed by atoms with E-state index < -0.39 is 0 Å². The highest BCUT2D eigenvalue weighted by atomic mass is 16.5. The second kappa shape index (κ2) is 6.36. The van der Waals surface area contributed by atoms with Gasteiger partial charge in [0, 0.05) is 32.9 Å². The fourth-order valence-electron chi connectivity index (χ4n) is 1.67. The van der Waals surface area contributed by atoms with E-state index in [9.17, 15) is 0 Å². The van der Waals surface area contributed by atoms with Crippen LogP contribution in [-0.2, 0) is 9.47 Å². The molecule has 17 heavy (non-hydrogen) atoms. The van der Waals surface area contributed by atoms with Crippen LogP contribution in [0.3, 0.4) is 0 Å². The van der Waals surface area contributed by atoms with Gasteiger partial charge >= 0.3 is 0 Å². The van der Waals surface area contributed by atoms with Crippen molar-refractivity contribution in [3.8, 4) is 0 Å². The lowest BCUT2D eigenvalue weighted by molar-refractivity contribution is 0.122. The van der Waals surface area contributed by atoms with Gasteiger partial charge in [0.2, 0.25) is 5.95 Å². The highest BCUT2D eigenvalue weighted by molar-refractivity contribution is 5.42. The number of nitrogens with zero attached hydrogens (tertiary/aromatic N) is 3. The van der Waals surface area contributed by atoms with Gasteiger partial charge in [-0.1, -0.05) is 0 Å². The highest BCUT2D eigenvalue weighted by Gasteiger charge is 2.12. The SMILES string of the molecule is COCCNc1nccc(N2CCOCC2)n1. The molecule has 1 aliphatic rings. The number of nitrogens with one attached hydrogen (secondary N) is 1. The normalized spacial score (nSPS) is 15.9. The smallest absolute Gasteiger partial charge is 0.224 e. The third-order valence-electron chi connectivity index (χ3n) is 2.57. The summed E-state index contributed by atoms with van der Waals surface area (Å²) >= 11 is 0. The van der Waals surface area contributed by atoms with Gasteiger partial charge in [0.15, 0.2) is 0 Å². The first-order chi connectivity index (χ1) is 8.40. The summed E-state index contributed by atoms with van der Waals surface area (Å²) in [5.41, 5.74) is 0. The van der Waals surface area contributed by atoms with Crippen molar-refractivity contribution in [1.29, 1.82) is 0 Å². The van der Waals surface area contributed by atoms with Crippen molar-refractivity contribution >= 4 is 11.8 Å². The van der Waals surface area contributed by atoms with Crippen LogP contribution >= 0.6 is 0 Å². The molecule has 0 saturated carbocycles. The Hall–Kier alpha value is -1.40. The Morgan fingerprint density at radius 1 is 1.47 bits per heavy atom. The van der Waals surface area contributed by atoms with Crippen LogP contribution in [0.25, 0.3) is 0 Å². The van der Waals surface area contributed by atoms with Crippen molar-refractivity contribution in [3.63, 3.8) is 0 Å². The van der Waals surface area contributed by atoms with Gasteiger partial charge in [-0.15, -0.1) is 0 Å². The van der Waals surface area contributed by atoms with Crippen molar-refractivity contribution in [2.24, 2.45) is 0 Å². The first-order valence-electron chi connectivity index (χ1n) is 5.78. The summed E-state index contributed by atoms with van der Waals surface area (Å²) < 4.78 is 10.3. The summed E-state index contributed by atoms with van der Waals surface area (Å²) in [6.45, 7) is 4.64. The standard InChI is InChI=1S/C11H18N4O2/c1-16-7-4-13-11-12-3-2-10(14-11)15-5-8-17-9-6-15/h2-3H,4-9H2,1H3,(H,12,13,14). The van der Waals surface area contributed by atoms with Crippen molar-refractivity contribution in [1.82, 2.24) is 9.97 Å². The molecule has 2 rings (SSSR count). The Labute approximate surface area is 101 Å². The summed E-state index contributed by atoms with van der Waals surface area (Å²) in [7, 11) is 1.67. The Bertz CT molecular complexity index is 342. The topological polar surface area (TPSA) is 59.5 Å². The number of ether oxygens (including phenoxy) is 2. The molecule has 1 fully saturated rings. The molecule has 6 heteroatoms. The minimum atomic E-state index is 0.644. The second-order valence-corrected chi connectivity index (χ2v) is 3.76. The molecule has 0 bridgehead atoms. The van der Waals surface area contributed by atoms with Crippen molar-refractivity contribution in [2.75, 3.05) is 56.8 Å². The molecule has 1 aliphatic heterocycles. The van der Waals surface area contributed by atoms with Crippen LogP contribution in [-0.4, -0.2) is 56.5 Å². The van der Waals surface area contributed by atoms with Gasteiger partial charge in [-0.2, -0.15) is 4.98 Å². The van der Waals surface area contributed by atoms with E-state index >= 15 is 0 Å². The van der Waals surface area contributed by atoms with E-state index in [1.165, 1.54) is 0 Å². The zero-order valence-electron chi connectivity index (χ0n) is 10.1. The minimum Gasteiger partial charge on any atom is -0.383 e. The maximum absolute atomic E-state index is 5.31. The molecule has 0 unspecified atom stereocenters. The molecule has 0 spiro atoms. The maximum Gasteiger partial charge on any atom is 0.224 e. The lowest BCUT2D eigenvalue weighted by Crippen LogP contribution is -2.36. The predicted molar refractivity (Wildman–Crippen MR) is 65.4 cm³/mol. The molecule has 1 aromatic rings. The first kappa shape index (κ1) is 12.1. The summed E-state index contributed by atoms with van der Waals surface area (Å²) in [5, 5.41) is 3.12. The van der Waals surface area contributed by atoms with Crippen LogP contribution < -0.4 is 10.2 Å². The van der Waals surface area contributed by atoms with E-state index in [0.717, 1.165) is 32.1 Å².